The number of halogens is 1. The van der Waals surface area contributed by atoms with Gasteiger partial charge in [-0.3, -0.25) is 20.4 Å². The molecule has 3 N–H and O–H groups in total. The molecule has 0 heterocycles. The van der Waals surface area contributed by atoms with E-state index in [1.54, 1.807) is 24.3 Å². The monoisotopic (exact) mass is 316 g/mol. The molecule has 6 heteroatoms. The van der Waals surface area contributed by atoms with Crippen LogP contribution in [0.25, 0.3) is 0 Å². The molecular weight excluding hydrogens is 299 g/mol. The van der Waals surface area contributed by atoms with E-state index in [0.717, 1.165) is 12.1 Å². The highest BCUT2D eigenvalue weighted by molar-refractivity contribution is 5.95. The zero-order valence-corrected chi connectivity index (χ0v) is 12.5. The molecule has 120 valence electrons. The highest BCUT2D eigenvalue weighted by atomic mass is 19.1. The van der Waals surface area contributed by atoms with Gasteiger partial charge in [0, 0.05) is 5.56 Å². The lowest BCUT2D eigenvalue weighted by molar-refractivity contribution is -0.126. The topological polar surface area (TPSA) is 78.4 Å². The third kappa shape index (κ3) is 4.62. The van der Waals surface area contributed by atoms with Gasteiger partial charge in [-0.1, -0.05) is 30.3 Å². The van der Waals surface area contributed by atoms with E-state index in [-0.39, 0.29) is 12.0 Å². The molecule has 0 saturated heterocycles. The van der Waals surface area contributed by atoms with E-state index < -0.39 is 23.2 Å². The van der Waals surface area contributed by atoms with Gasteiger partial charge in [-0.2, -0.15) is 0 Å². The van der Waals surface area contributed by atoms with Gasteiger partial charge in [-0.05, 0) is 36.8 Å². The molecule has 23 heavy (non-hydrogen) atoms. The Kier molecular flexibility index (Phi) is 5.08. The highest BCUT2D eigenvalue weighted by Crippen LogP contribution is 2.23. The van der Waals surface area contributed by atoms with Crippen molar-refractivity contribution in [2.45, 2.75) is 18.9 Å². The fourth-order valence-electron chi connectivity index (χ4n) is 2.06. The number of amides is 2. The predicted molar refractivity (Wildman–Crippen MR) is 82.6 cm³/mol. The minimum absolute atomic E-state index is 0.210. The van der Waals surface area contributed by atoms with Crippen molar-refractivity contribution in [1.29, 1.82) is 0 Å². The molecule has 0 aliphatic carbocycles. The van der Waals surface area contributed by atoms with Crippen LogP contribution in [0.1, 0.15) is 29.3 Å². The van der Waals surface area contributed by atoms with E-state index in [2.05, 4.69) is 10.9 Å². The number of aliphatic hydroxyl groups is 1. The maximum Gasteiger partial charge on any atom is 0.269 e. The molecule has 2 aromatic carbocycles. The van der Waals surface area contributed by atoms with Gasteiger partial charge in [-0.15, -0.1) is 0 Å². The van der Waals surface area contributed by atoms with E-state index in [1.165, 1.54) is 19.1 Å². The van der Waals surface area contributed by atoms with E-state index >= 15 is 0 Å². The molecular formula is C17H17FN2O3. The van der Waals surface area contributed by atoms with Crippen LogP contribution in [0.5, 0.6) is 0 Å². The average Bonchev–Trinajstić information content (AvgIpc) is 2.54. The molecule has 0 saturated carbocycles. The van der Waals surface area contributed by atoms with Gasteiger partial charge in [0.05, 0.1) is 12.0 Å². The van der Waals surface area contributed by atoms with Crippen molar-refractivity contribution in [3.8, 4) is 0 Å². The molecule has 2 amide bonds. The molecule has 2 rings (SSSR count). The molecule has 0 fully saturated rings. The Hall–Kier alpha value is -2.73. The van der Waals surface area contributed by atoms with Crippen LogP contribution in [0, 0.1) is 5.82 Å². The van der Waals surface area contributed by atoms with Crippen molar-refractivity contribution < 1.29 is 19.1 Å². The lowest BCUT2D eigenvalue weighted by Crippen LogP contribution is -2.44. The number of nitrogens with one attached hydrogen (secondary N) is 2. The third-order valence-electron chi connectivity index (χ3n) is 3.32. The largest absolute Gasteiger partial charge is 0.385 e. The zero-order chi connectivity index (χ0) is 16.9. The molecule has 0 aliphatic heterocycles. The first-order valence-corrected chi connectivity index (χ1v) is 7.01. The Morgan fingerprint density at radius 3 is 2.26 bits per heavy atom. The number of hydrogen-bond donors (Lipinski definition) is 3. The smallest absolute Gasteiger partial charge is 0.269 e. The number of carbonyl (C=O) groups excluding carboxylic acids is 2. The highest BCUT2D eigenvalue weighted by Gasteiger charge is 2.26. The van der Waals surface area contributed by atoms with Crippen LogP contribution in [0.2, 0.25) is 0 Å². The first-order valence-electron chi connectivity index (χ1n) is 7.01. The molecule has 1 atom stereocenters. The quantitative estimate of drug-likeness (QED) is 0.754. The molecule has 0 bridgehead atoms. The minimum atomic E-state index is -1.36. The Labute approximate surface area is 133 Å². The molecule has 0 spiro atoms. The average molecular weight is 316 g/mol. The Bertz CT molecular complexity index is 685. The fourth-order valence-corrected chi connectivity index (χ4v) is 2.06. The van der Waals surface area contributed by atoms with Crippen molar-refractivity contribution in [2.24, 2.45) is 0 Å². The summed E-state index contributed by atoms with van der Waals surface area (Å²) in [5.74, 6) is -1.57. The van der Waals surface area contributed by atoms with Gasteiger partial charge in [0.2, 0.25) is 5.91 Å². The van der Waals surface area contributed by atoms with Crippen molar-refractivity contribution in [3.05, 3.63) is 71.5 Å². The lowest BCUT2D eigenvalue weighted by atomic mass is 9.92. The Balaban J connectivity index is 1.90. The minimum Gasteiger partial charge on any atom is -0.385 e. The van der Waals surface area contributed by atoms with Crippen molar-refractivity contribution >= 4 is 11.8 Å². The Morgan fingerprint density at radius 2 is 1.65 bits per heavy atom. The standard InChI is InChI=1S/C17H17FN2O3/c1-17(23,13-5-3-2-4-6-13)11-15(21)19-20-16(22)12-7-9-14(18)10-8-12/h2-10,23H,11H2,1H3,(H,19,21)(H,20,22). The summed E-state index contributed by atoms with van der Waals surface area (Å²) in [7, 11) is 0. The number of hydrogen-bond acceptors (Lipinski definition) is 3. The Morgan fingerprint density at radius 1 is 1.04 bits per heavy atom. The van der Waals surface area contributed by atoms with Gasteiger partial charge >= 0.3 is 0 Å². The molecule has 0 radical (unpaired) electrons. The van der Waals surface area contributed by atoms with Gasteiger partial charge in [0.15, 0.2) is 0 Å². The van der Waals surface area contributed by atoms with Crippen LogP contribution in [-0.2, 0) is 10.4 Å². The first-order chi connectivity index (χ1) is 10.9. The summed E-state index contributed by atoms with van der Waals surface area (Å²) in [6.07, 6.45) is -0.222. The SMILES string of the molecule is CC(O)(CC(=O)NNC(=O)c1ccc(F)cc1)c1ccccc1. The molecule has 5 nitrogen and oxygen atoms in total. The zero-order valence-electron chi connectivity index (χ0n) is 12.5. The third-order valence-corrected chi connectivity index (χ3v) is 3.32. The second-order valence-electron chi connectivity index (χ2n) is 5.33. The van der Waals surface area contributed by atoms with E-state index in [4.69, 9.17) is 0 Å². The van der Waals surface area contributed by atoms with Crippen molar-refractivity contribution in [3.63, 3.8) is 0 Å². The summed E-state index contributed by atoms with van der Waals surface area (Å²) in [4.78, 5) is 23.7. The van der Waals surface area contributed by atoms with E-state index in [0.29, 0.717) is 5.56 Å². The van der Waals surface area contributed by atoms with Gasteiger partial charge in [0.1, 0.15) is 5.82 Å². The van der Waals surface area contributed by atoms with Crippen LogP contribution < -0.4 is 10.9 Å². The number of rotatable bonds is 4. The predicted octanol–water partition coefficient (Wildman–Crippen LogP) is 1.88. The maximum atomic E-state index is 12.8. The fraction of sp³-hybridized carbons (Fsp3) is 0.176. The van der Waals surface area contributed by atoms with Crippen LogP contribution in [-0.4, -0.2) is 16.9 Å². The summed E-state index contributed by atoms with van der Waals surface area (Å²) in [6.45, 7) is 1.52. The number of hydrazine groups is 1. The number of carbonyl (C=O) groups is 2. The van der Waals surface area contributed by atoms with Gasteiger partial charge in [-0.25, -0.2) is 4.39 Å². The normalized spacial score (nSPS) is 13.0. The maximum absolute atomic E-state index is 12.8. The second-order valence-corrected chi connectivity index (χ2v) is 5.33. The first kappa shape index (κ1) is 16.6. The van der Waals surface area contributed by atoms with Crippen LogP contribution in [0.15, 0.2) is 54.6 Å². The van der Waals surface area contributed by atoms with Crippen LogP contribution in [0.4, 0.5) is 4.39 Å². The van der Waals surface area contributed by atoms with E-state index in [1.807, 2.05) is 6.07 Å². The molecule has 1 unspecified atom stereocenters. The van der Waals surface area contributed by atoms with E-state index in [9.17, 15) is 19.1 Å². The van der Waals surface area contributed by atoms with Gasteiger partial charge in [0.25, 0.3) is 5.91 Å². The molecule has 2 aromatic rings. The summed E-state index contributed by atoms with van der Waals surface area (Å²) in [6, 6.07) is 13.7. The summed E-state index contributed by atoms with van der Waals surface area (Å²) >= 11 is 0. The summed E-state index contributed by atoms with van der Waals surface area (Å²) in [5.41, 5.74) is 3.90. The summed E-state index contributed by atoms with van der Waals surface area (Å²) < 4.78 is 12.8. The lowest BCUT2D eigenvalue weighted by Gasteiger charge is -2.23. The number of benzene rings is 2. The van der Waals surface area contributed by atoms with Crippen molar-refractivity contribution in [2.75, 3.05) is 0 Å². The summed E-state index contributed by atoms with van der Waals surface area (Å²) in [5, 5.41) is 10.4. The second kappa shape index (κ2) is 7.02. The van der Waals surface area contributed by atoms with Crippen molar-refractivity contribution in [1.82, 2.24) is 10.9 Å². The van der Waals surface area contributed by atoms with Crippen LogP contribution >= 0.6 is 0 Å². The van der Waals surface area contributed by atoms with Gasteiger partial charge < -0.3 is 5.11 Å². The molecule has 0 aliphatic rings. The molecule has 0 aromatic heterocycles. The van der Waals surface area contributed by atoms with Crippen LogP contribution in [0.3, 0.4) is 0 Å².